The minimum absolute atomic E-state index is 0.642. The van der Waals surface area contributed by atoms with Crippen LogP contribution in [0.5, 0.6) is 0 Å². The number of benzene rings is 1. The van der Waals surface area contributed by atoms with Crippen molar-refractivity contribution in [2.75, 3.05) is 19.0 Å². The van der Waals surface area contributed by atoms with E-state index >= 15 is 0 Å². The van der Waals surface area contributed by atoms with Crippen LogP contribution in [0.2, 0.25) is 0 Å². The lowest BCUT2D eigenvalue weighted by Crippen LogP contribution is -2.51. The van der Waals surface area contributed by atoms with Gasteiger partial charge < -0.3 is 15.7 Å². The first-order valence-corrected chi connectivity index (χ1v) is 5.77. The van der Waals surface area contributed by atoms with Crippen LogP contribution in [0.3, 0.4) is 0 Å². The fraction of sp³-hybridized carbons (Fsp3) is 0.286. The number of hydrogen-bond donors (Lipinski definition) is 2. The molecule has 0 heterocycles. The summed E-state index contributed by atoms with van der Waals surface area (Å²) in [5, 5.41) is 8.82. The van der Waals surface area contributed by atoms with Gasteiger partial charge in [0, 0.05) is 19.8 Å². The van der Waals surface area contributed by atoms with E-state index in [1.54, 1.807) is 6.08 Å². The van der Waals surface area contributed by atoms with E-state index in [1.807, 2.05) is 43.3 Å². The van der Waals surface area contributed by atoms with Gasteiger partial charge in [0.1, 0.15) is 0 Å². The topological polar surface area (TPSA) is 83.6 Å². The van der Waals surface area contributed by atoms with Crippen molar-refractivity contribution >= 4 is 23.5 Å². The Morgan fingerprint density at radius 1 is 1.26 bits per heavy atom. The maximum atomic E-state index is 11.7. The number of carbonyl (C=O) groups is 2. The molecule has 1 aromatic rings. The van der Waals surface area contributed by atoms with Crippen LogP contribution in [0, 0.1) is 0 Å². The van der Waals surface area contributed by atoms with Crippen LogP contribution in [-0.2, 0) is 9.59 Å². The molecular formula is C14H18N2O3. The van der Waals surface area contributed by atoms with Gasteiger partial charge in [0.2, 0.25) is 0 Å². The lowest BCUT2D eigenvalue weighted by molar-refractivity contribution is -0.146. The molecule has 5 nitrogen and oxygen atoms in total. The predicted octanol–water partition coefficient (Wildman–Crippen LogP) is 1.14. The summed E-state index contributed by atoms with van der Waals surface area (Å²) in [5.74, 6) is -1.98. The van der Waals surface area contributed by atoms with E-state index < -0.39 is 17.3 Å². The van der Waals surface area contributed by atoms with Gasteiger partial charge in [-0.25, -0.2) is 4.79 Å². The van der Waals surface area contributed by atoms with Gasteiger partial charge in [-0.1, -0.05) is 18.2 Å². The summed E-state index contributed by atoms with van der Waals surface area (Å²) in [6.45, 7) is 1.18. The van der Waals surface area contributed by atoms with E-state index in [0.29, 0.717) is 0 Å². The molecule has 1 aromatic carbocycles. The molecule has 1 atom stereocenters. The van der Waals surface area contributed by atoms with Gasteiger partial charge in [0.25, 0.3) is 0 Å². The van der Waals surface area contributed by atoms with E-state index in [0.717, 1.165) is 11.3 Å². The van der Waals surface area contributed by atoms with Gasteiger partial charge in [-0.3, -0.25) is 4.79 Å². The largest absolute Gasteiger partial charge is 0.480 e. The molecule has 0 unspecified atom stereocenters. The lowest BCUT2D eigenvalue weighted by atomic mass is 9.97. The van der Waals surface area contributed by atoms with Crippen LogP contribution >= 0.6 is 0 Å². The zero-order valence-corrected chi connectivity index (χ0v) is 11.3. The number of ketones is 1. The van der Waals surface area contributed by atoms with Crippen LogP contribution in [-0.4, -0.2) is 36.5 Å². The zero-order valence-electron chi connectivity index (χ0n) is 11.3. The molecule has 0 aliphatic rings. The number of nitrogens with two attached hydrogens (primary N) is 1. The molecular weight excluding hydrogens is 244 g/mol. The Bertz CT molecular complexity index is 502. The molecule has 3 N–H and O–H groups in total. The first-order chi connectivity index (χ1) is 8.75. The number of anilines is 1. The normalized spacial score (nSPS) is 14.1. The molecule has 0 aromatic heterocycles. The number of carboxylic acid groups (broad SMARTS) is 1. The van der Waals surface area contributed by atoms with Crippen LogP contribution in [0.15, 0.2) is 30.3 Å². The number of rotatable bonds is 5. The van der Waals surface area contributed by atoms with E-state index in [2.05, 4.69) is 0 Å². The van der Waals surface area contributed by atoms with Crippen molar-refractivity contribution in [2.45, 2.75) is 12.5 Å². The van der Waals surface area contributed by atoms with Crippen LogP contribution in [0.4, 0.5) is 5.69 Å². The Kier molecular flexibility index (Phi) is 4.45. The predicted molar refractivity (Wildman–Crippen MR) is 75.0 cm³/mol. The monoisotopic (exact) mass is 262 g/mol. The summed E-state index contributed by atoms with van der Waals surface area (Å²) in [5.41, 5.74) is 5.38. The highest BCUT2D eigenvalue weighted by molar-refractivity contribution is 6.13. The smallest absolute Gasteiger partial charge is 0.331 e. The van der Waals surface area contributed by atoms with Gasteiger partial charge in [0.05, 0.1) is 0 Å². The molecule has 0 spiro atoms. The standard InChI is InChI=1S/C14H18N2O3/c1-14(15,13(18)19)12(17)9-6-10-4-7-11(8-5-10)16(2)3/h4-9H,15H2,1-3H3,(H,18,19)/b9-6+/t14-/m0/s1. The van der Waals surface area contributed by atoms with Crippen LogP contribution in [0.25, 0.3) is 6.08 Å². The highest BCUT2D eigenvalue weighted by atomic mass is 16.4. The number of hydrogen-bond acceptors (Lipinski definition) is 4. The second-order valence-electron chi connectivity index (χ2n) is 4.69. The van der Waals surface area contributed by atoms with Crippen molar-refractivity contribution in [1.29, 1.82) is 0 Å². The highest BCUT2D eigenvalue weighted by Crippen LogP contribution is 2.13. The molecule has 0 radical (unpaired) electrons. The van der Waals surface area contributed by atoms with E-state index in [9.17, 15) is 9.59 Å². The SMILES string of the molecule is CN(C)c1ccc(/C=C/C(=O)[C@](C)(N)C(=O)O)cc1. The minimum Gasteiger partial charge on any atom is -0.480 e. The molecule has 0 fully saturated rings. The Morgan fingerprint density at radius 2 is 1.79 bits per heavy atom. The molecule has 19 heavy (non-hydrogen) atoms. The lowest BCUT2D eigenvalue weighted by Gasteiger charge is -2.14. The van der Waals surface area contributed by atoms with E-state index in [4.69, 9.17) is 10.8 Å². The molecule has 0 amide bonds. The average molecular weight is 262 g/mol. The second-order valence-corrected chi connectivity index (χ2v) is 4.69. The molecule has 0 saturated heterocycles. The highest BCUT2D eigenvalue weighted by Gasteiger charge is 2.34. The van der Waals surface area contributed by atoms with Gasteiger partial charge in [-0.05, 0) is 30.7 Å². The molecule has 5 heteroatoms. The summed E-state index contributed by atoms with van der Waals surface area (Å²) in [7, 11) is 3.86. The first kappa shape index (κ1) is 14.9. The van der Waals surface area contributed by atoms with Crippen molar-refractivity contribution in [3.8, 4) is 0 Å². The summed E-state index contributed by atoms with van der Waals surface area (Å²) in [4.78, 5) is 24.4. The average Bonchev–Trinajstić information content (AvgIpc) is 2.36. The zero-order chi connectivity index (χ0) is 14.6. The molecule has 0 aliphatic carbocycles. The van der Waals surface area contributed by atoms with E-state index in [-0.39, 0.29) is 0 Å². The molecule has 102 valence electrons. The fourth-order valence-electron chi connectivity index (χ4n) is 1.33. The van der Waals surface area contributed by atoms with Gasteiger partial charge in [-0.15, -0.1) is 0 Å². The third-order valence-electron chi connectivity index (χ3n) is 2.79. The molecule has 0 aliphatic heterocycles. The van der Waals surface area contributed by atoms with Crippen molar-refractivity contribution < 1.29 is 14.7 Å². The van der Waals surface area contributed by atoms with Crippen molar-refractivity contribution in [3.63, 3.8) is 0 Å². The minimum atomic E-state index is -1.89. The summed E-state index contributed by atoms with van der Waals surface area (Å²) in [6, 6.07) is 7.49. The number of nitrogens with zero attached hydrogens (tertiary/aromatic N) is 1. The number of carbonyl (C=O) groups excluding carboxylic acids is 1. The summed E-state index contributed by atoms with van der Waals surface area (Å²) < 4.78 is 0. The Morgan fingerprint density at radius 3 is 2.21 bits per heavy atom. The summed E-state index contributed by atoms with van der Waals surface area (Å²) in [6.07, 6.45) is 2.74. The van der Waals surface area contributed by atoms with Crippen molar-refractivity contribution in [2.24, 2.45) is 5.73 Å². The fourth-order valence-corrected chi connectivity index (χ4v) is 1.33. The van der Waals surface area contributed by atoms with Crippen LogP contribution < -0.4 is 10.6 Å². The van der Waals surface area contributed by atoms with Crippen LogP contribution in [0.1, 0.15) is 12.5 Å². The Hall–Kier alpha value is -2.14. The van der Waals surface area contributed by atoms with Gasteiger partial charge >= 0.3 is 5.97 Å². The summed E-state index contributed by atoms with van der Waals surface area (Å²) >= 11 is 0. The molecule has 0 saturated carbocycles. The Balaban J connectivity index is 2.82. The van der Waals surface area contributed by atoms with Gasteiger partial charge in [-0.2, -0.15) is 0 Å². The maximum absolute atomic E-state index is 11.7. The quantitative estimate of drug-likeness (QED) is 0.614. The first-order valence-electron chi connectivity index (χ1n) is 5.77. The molecule has 1 rings (SSSR count). The maximum Gasteiger partial charge on any atom is 0.331 e. The van der Waals surface area contributed by atoms with Gasteiger partial charge in [0.15, 0.2) is 11.3 Å². The third kappa shape index (κ3) is 3.66. The van der Waals surface area contributed by atoms with E-state index in [1.165, 1.54) is 13.0 Å². The molecule has 0 bridgehead atoms. The second kappa shape index (κ2) is 5.67. The number of carboxylic acids is 1. The Labute approximate surface area is 112 Å². The number of aliphatic carboxylic acids is 1. The van der Waals surface area contributed by atoms with Crippen molar-refractivity contribution in [1.82, 2.24) is 0 Å². The third-order valence-corrected chi connectivity index (χ3v) is 2.79. The van der Waals surface area contributed by atoms with Crippen molar-refractivity contribution in [3.05, 3.63) is 35.9 Å².